The molecule has 0 atom stereocenters. The third kappa shape index (κ3) is 3.03. The highest BCUT2D eigenvalue weighted by Crippen LogP contribution is 2.31. The molecule has 0 radical (unpaired) electrons. The Labute approximate surface area is 141 Å². The second-order valence-electron chi connectivity index (χ2n) is 5.36. The molecule has 6 nitrogen and oxygen atoms in total. The van der Waals surface area contributed by atoms with E-state index < -0.39 is 0 Å². The second kappa shape index (κ2) is 7.04. The van der Waals surface area contributed by atoms with Crippen LogP contribution in [0.2, 0.25) is 0 Å². The summed E-state index contributed by atoms with van der Waals surface area (Å²) in [7, 11) is 1.58. The van der Waals surface area contributed by atoms with Crippen LogP contribution in [0.4, 0.5) is 22.0 Å². The quantitative estimate of drug-likeness (QED) is 0.878. The first-order chi connectivity index (χ1) is 11.7. The van der Waals surface area contributed by atoms with E-state index in [4.69, 9.17) is 4.74 Å². The summed E-state index contributed by atoms with van der Waals surface area (Å²) in [6.07, 6.45) is 3.57. The number of rotatable bonds is 4. The van der Waals surface area contributed by atoms with E-state index in [0.717, 1.165) is 11.5 Å². The molecule has 1 aliphatic rings. The zero-order valence-corrected chi connectivity index (χ0v) is 13.6. The third-order valence-electron chi connectivity index (χ3n) is 3.89. The lowest BCUT2D eigenvalue weighted by molar-refractivity contribution is 0.256. The molecule has 0 bridgehead atoms. The first-order valence-electron chi connectivity index (χ1n) is 7.77. The summed E-state index contributed by atoms with van der Waals surface area (Å²) in [5.74, 6) is 1.42. The molecule has 6 heteroatoms. The van der Waals surface area contributed by atoms with E-state index in [9.17, 15) is 4.79 Å². The second-order valence-corrected chi connectivity index (χ2v) is 5.36. The van der Waals surface area contributed by atoms with Gasteiger partial charge < -0.3 is 15.0 Å². The molecule has 0 fully saturated rings. The van der Waals surface area contributed by atoms with E-state index in [1.807, 2.05) is 42.5 Å². The first kappa shape index (κ1) is 15.9. The normalized spacial score (nSPS) is 13.2. The number of ether oxygens (including phenoxy) is 1. The number of carbonyl (C=O) groups is 1. The van der Waals surface area contributed by atoms with Gasteiger partial charge in [-0.1, -0.05) is 18.2 Å². The highest BCUT2D eigenvalue weighted by atomic mass is 16.5. The SMILES string of the molecule is C=CCN1CCN(C(=O)Nc2ccccc2OC)c2cccnc21. The number of nitrogens with one attached hydrogen (secondary N) is 1. The average molecular weight is 324 g/mol. The number of aromatic nitrogens is 1. The van der Waals surface area contributed by atoms with Gasteiger partial charge in [0.25, 0.3) is 0 Å². The number of hydrogen-bond donors (Lipinski definition) is 1. The number of nitrogens with zero attached hydrogens (tertiary/aromatic N) is 3. The molecule has 24 heavy (non-hydrogen) atoms. The first-order valence-corrected chi connectivity index (χ1v) is 7.77. The fourth-order valence-electron chi connectivity index (χ4n) is 2.77. The molecule has 0 unspecified atom stereocenters. The van der Waals surface area contributed by atoms with Crippen molar-refractivity contribution in [2.45, 2.75) is 0 Å². The van der Waals surface area contributed by atoms with Crippen LogP contribution >= 0.6 is 0 Å². The Balaban J connectivity index is 1.85. The summed E-state index contributed by atoms with van der Waals surface area (Å²) < 4.78 is 5.29. The molecule has 1 aliphatic heterocycles. The van der Waals surface area contributed by atoms with Gasteiger partial charge in [0.15, 0.2) is 5.82 Å². The molecule has 0 saturated carbocycles. The number of benzene rings is 1. The summed E-state index contributed by atoms with van der Waals surface area (Å²) in [6.45, 7) is 5.76. The van der Waals surface area contributed by atoms with E-state index in [0.29, 0.717) is 31.1 Å². The molecule has 2 aromatic rings. The highest BCUT2D eigenvalue weighted by molar-refractivity contribution is 6.04. The highest BCUT2D eigenvalue weighted by Gasteiger charge is 2.27. The van der Waals surface area contributed by atoms with Gasteiger partial charge in [-0.05, 0) is 24.3 Å². The lowest BCUT2D eigenvalue weighted by Gasteiger charge is -2.36. The fourth-order valence-corrected chi connectivity index (χ4v) is 2.77. The van der Waals surface area contributed by atoms with Crippen LogP contribution in [0.3, 0.4) is 0 Å². The average Bonchev–Trinajstić information content (AvgIpc) is 2.62. The lowest BCUT2D eigenvalue weighted by Crippen LogP contribution is -2.46. The van der Waals surface area contributed by atoms with E-state index in [1.165, 1.54) is 0 Å². The minimum absolute atomic E-state index is 0.202. The molecule has 0 spiro atoms. The van der Waals surface area contributed by atoms with Gasteiger partial charge in [0, 0.05) is 25.8 Å². The van der Waals surface area contributed by atoms with Crippen molar-refractivity contribution < 1.29 is 9.53 Å². The van der Waals surface area contributed by atoms with Crippen molar-refractivity contribution >= 4 is 23.2 Å². The minimum Gasteiger partial charge on any atom is -0.495 e. The van der Waals surface area contributed by atoms with Crippen molar-refractivity contribution in [1.82, 2.24) is 4.98 Å². The van der Waals surface area contributed by atoms with Crippen LogP contribution in [0.25, 0.3) is 0 Å². The zero-order chi connectivity index (χ0) is 16.9. The maximum atomic E-state index is 12.8. The Bertz CT molecular complexity index is 747. The van der Waals surface area contributed by atoms with Crippen molar-refractivity contribution in [3.05, 3.63) is 55.3 Å². The van der Waals surface area contributed by atoms with Crippen molar-refractivity contribution in [2.75, 3.05) is 41.9 Å². The van der Waals surface area contributed by atoms with Gasteiger partial charge in [-0.2, -0.15) is 0 Å². The number of fused-ring (bicyclic) bond motifs is 1. The summed E-state index contributed by atoms with van der Waals surface area (Å²) in [5.41, 5.74) is 1.43. The Kier molecular flexibility index (Phi) is 4.65. The molecule has 2 heterocycles. The summed E-state index contributed by atoms with van der Waals surface area (Å²) in [6, 6.07) is 10.9. The van der Waals surface area contributed by atoms with E-state index in [-0.39, 0.29) is 6.03 Å². The predicted octanol–water partition coefficient (Wildman–Crippen LogP) is 3.13. The molecule has 124 valence electrons. The Morgan fingerprint density at radius 3 is 2.96 bits per heavy atom. The van der Waals surface area contributed by atoms with Gasteiger partial charge >= 0.3 is 6.03 Å². The van der Waals surface area contributed by atoms with Crippen LogP contribution in [0.5, 0.6) is 5.75 Å². The van der Waals surface area contributed by atoms with Crippen LogP contribution in [-0.2, 0) is 0 Å². The van der Waals surface area contributed by atoms with Crippen molar-refractivity contribution in [2.24, 2.45) is 0 Å². The molecule has 0 saturated heterocycles. The van der Waals surface area contributed by atoms with Gasteiger partial charge in [0.05, 0.1) is 18.5 Å². The molecule has 1 aromatic carbocycles. The molecule has 3 rings (SSSR count). The Morgan fingerprint density at radius 1 is 1.33 bits per heavy atom. The molecular weight excluding hydrogens is 304 g/mol. The summed E-state index contributed by atoms with van der Waals surface area (Å²) in [5, 5.41) is 2.91. The number of anilines is 3. The van der Waals surface area contributed by atoms with Crippen LogP contribution < -0.4 is 19.9 Å². The van der Waals surface area contributed by atoms with Crippen molar-refractivity contribution in [3.63, 3.8) is 0 Å². The van der Waals surface area contributed by atoms with Crippen LogP contribution in [-0.4, -0.2) is 37.8 Å². The maximum absolute atomic E-state index is 12.8. The zero-order valence-electron chi connectivity index (χ0n) is 13.6. The van der Waals surface area contributed by atoms with Crippen LogP contribution in [0.15, 0.2) is 55.3 Å². The van der Waals surface area contributed by atoms with Gasteiger partial charge in [0.1, 0.15) is 5.75 Å². The summed E-state index contributed by atoms with van der Waals surface area (Å²) >= 11 is 0. The standard InChI is InChI=1S/C18H20N4O2/c1-3-11-21-12-13-22(15-8-6-10-19-17(15)21)18(23)20-14-7-4-5-9-16(14)24-2/h3-10H,1,11-13H2,2H3,(H,20,23). The number of methoxy groups -OCH3 is 1. The lowest BCUT2D eigenvalue weighted by atomic mass is 10.2. The van der Waals surface area contributed by atoms with Gasteiger partial charge in [-0.3, -0.25) is 4.90 Å². The molecular formula is C18H20N4O2. The Hall–Kier alpha value is -3.02. The number of hydrogen-bond acceptors (Lipinski definition) is 4. The minimum atomic E-state index is -0.202. The topological polar surface area (TPSA) is 57.7 Å². The van der Waals surface area contributed by atoms with Gasteiger partial charge in [0.2, 0.25) is 0 Å². The number of amides is 2. The van der Waals surface area contributed by atoms with Gasteiger partial charge in [-0.25, -0.2) is 9.78 Å². The monoisotopic (exact) mass is 324 g/mol. The van der Waals surface area contributed by atoms with Crippen molar-refractivity contribution in [3.8, 4) is 5.75 Å². The predicted molar refractivity (Wildman–Crippen MR) is 96.0 cm³/mol. The number of urea groups is 1. The van der Waals surface area contributed by atoms with E-state index in [2.05, 4.69) is 21.8 Å². The smallest absolute Gasteiger partial charge is 0.326 e. The van der Waals surface area contributed by atoms with Crippen LogP contribution in [0, 0.1) is 0 Å². The molecule has 1 aromatic heterocycles. The Morgan fingerprint density at radius 2 is 2.17 bits per heavy atom. The van der Waals surface area contributed by atoms with E-state index in [1.54, 1.807) is 18.2 Å². The number of carbonyl (C=O) groups excluding carboxylic acids is 1. The molecule has 2 amide bonds. The van der Waals surface area contributed by atoms with Crippen molar-refractivity contribution in [1.29, 1.82) is 0 Å². The number of pyridine rings is 1. The molecule has 1 N–H and O–H groups in total. The third-order valence-corrected chi connectivity index (χ3v) is 3.89. The fraction of sp³-hybridized carbons (Fsp3) is 0.222. The molecule has 0 aliphatic carbocycles. The summed E-state index contributed by atoms with van der Waals surface area (Å²) in [4.78, 5) is 21.0. The largest absolute Gasteiger partial charge is 0.495 e. The maximum Gasteiger partial charge on any atom is 0.326 e. The van der Waals surface area contributed by atoms with Gasteiger partial charge in [-0.15, -0.1) is 6.58 Å². The van der Waals surface area contributed by atoms with Crippen LogP contribution in [0.1, 0.15) is 0 Å². The van der Waals surface area contributed by atoms with E-state index >= 15 is 0 Å². The number of para-hydroxylation sites is 2.